The highest BCUT2D eigenvalue weighted by Gasteiger charge is 2.18. The molecule has 0 unspecified atom stereocenters. The van der Waals surface area contributed by atoms with Crippen molar-refractivity contribution in [2.45, 2.75) is 0 Å². The summed E-state index contributed by atoms with van der Waals surface area (Å²) >= 11 is 0. The van der Waals surface area contributed by atoms with Crippen molar-refractivity contribution in [3.8, 4) is 55.8 Å². The van der Waals surface area contributed by atoms with E-state index < -0.39 is 0 Å². The van der Waals surface area contributed by atoms with E-state index in [1.807, 2.05) is 0 Å². The molecule has 0 saturated carbocycles. The van der Waals surface area contributed by atoms with Gasteiger partial charge >= 0.3 is 0 Å². The number of benzene rings is 9. The van der Waals surface area contributed by atoms with E-state index in [0.717, 1.165) is 16.8 Å². The monoisotopic (exact) mass is 659 g/mol. The number of pyridine rings is 1. The molecule has 9 aromatic carbocycles. The van der Waals surface area contributed by atoms with Gasteiger partial charge in [-0.1, -0.05) is 182 Å². The molecular weight excluding hydrogens is 627 g/mol. The molecule has 0 spiro atoms. The van der Waals surface area contributed by atoms with Gasteiger partial charge in [-0.05, 0) is 95.0 Å². The highest BCUT2D eigenvalue weighted by Crippen LogP contribution is 2.45. The van der Waals surface area contributed by atoms with Crippen LogP contribution in [-0.4, -0.2) is 4.98 Å². The summed E-state index contributed by atoms with van der Waals surface area (Å²) in [6.45, 7) is 0. The van der Waals surface area contributed by atoms with E-state index in [4.69, 9.17) is 4.98 Å². The Morgan fingerprint density at radius 2 is 0.750 bits per heavy atom. The lowest BCUT2D eigenvalue weighted by Gasteiger charge is -2.18. The summed E-state index contributed by atoms with van der Waals surface area (Å²) in [6.07, 6.45) is 0. The van der Waals surface area contributed by atoms with Crippen LogP contribution < -0.4 is 0 Å². The van der Waals surface area contributed by atoms with Crippen molar-refractivity contribution in [3.63, 3.8) is 0 Å². The smallest absolute Gasteiger partial charge is 0.0722 e. The molecule has 1 heterocycles. The predicted octanol–water partition coefficient (Wildman–Crippen LogP) is 14.0. The molecule has 10 rings (SSSR count). The Kier molecular flexibility index (Phi) is 7.22. The number of nitrogens with zero attached hydrogens (tertiary/aromatic N) is 1. The number of fused-ring (bicyclic) bond motifs is 5. The highest BCUT2D eigenvalue weighted by molar-refractivity contribution is 6.22. The number of hydrogen-bond donors (Lipinski definition) is 0. The largest absolute Gasteiger partial charge is 0.248 e. The van der Waals surface area contributed by atoms with Crippen molar-refractivity contribution in [1.29, 1.82) is 0 Å². The standard InChI is InChI=1S/C51H33N/c1-4-14-34(15-5-1)35-24-26-38(27-25-35)49-42-20-10-12-22-44(42)50(45-23-13-11-21-43(45)49)40-28-30-41-39(32-40)29-31-47-51(41)46(36-16-6-2-7-17-36)33-48(52-47)37-18-8-3-9-19-37/h1-33H. The van der Waals surface area contributed by atoms with Crippen LogP contribution in [0.5, 0.6) is 0 Å². The molecule has 0 saturated heterocycles. The summed E-state index contributed by atoms with van der Waals surface area (Å²) in [4.78, 5) is 5.21. The van der Waals surface area contributed by atoms with Gasteiger partial charge in [0.2, 0.25) is 0 Å². The van der Waals surface area contributed by atoms with E-state index in [2.05, 4.69) is 200 Å². The lowest BCUT2D eigenvalue weighted by molar-refractivity contribution is 1.40. The molecule has 0 N–H and O–H groups in total. The molecule has 0 amide bonds. The fraction of sp³-hybridized carbons (Fsp3) is 0. The van der Waals surface area contributed by atoms with E-state index in [1.165, 1.54) is 82.2 Å². The molecule has 242 valence electrons. The van der Waals surface area contributed by atoms with Crippen LogP contribution in [0, 0.1) is 0 Å². The van der Waals surface area contributed by atoms with Gasteiger partial charge < -0.3 is 0 Å². The Labute approximate surface area is 303 Å². The summed E-state index contributed by atoms with van der Waals surface area (Å²) in [5, 5.41) is 8.60. The molecule has 0 bridgehead atoms. The van der Waals surface area contributed by atoms with E-state index in [9.17, 15) is 0 Å². The second-order valence-corrected chi connectivity index (χ2v) is 13.5. The molecule has 0 aliphatic rings. The van der Waals surface area contributed by atoms with Crippen molar-refractivity contribution in [3.05, 3.63) is 200 Å². The first-order valence-corrected chi connectivity index (χ1v) is 17.9. The van der Waals surface area contributed by atoms with Crippen LogP contribution in [0.1, 0.15) is 0 Å². The van der Waals surface area contributed by atoms with Gasteiger partial charge in [0.05, 0.1) is 11.2 Å². The topological polar surface area (TPSA) is 12.9 Å². The zero-order chi connectivity index (χ0) is 34.4. The predicted molar refractivity (Wildman–Crippen MR) is 221 cm³/mol. The van der Waals surface area contributed by atoms with Crippen molar-refractivity contribution in [2.75, 3.05) is 0 Å². The molecule has 0 aliphatic heterocycles. The molecular formula is C51H33N. The minimum Gasteiger partial charge on any atom is -0.248 e. The van der Waals surface area contributed by atoms with Gasteiger partial charge in [-0.15, -0.1) is 0 Å². The van der Waals surface area contributed by atoms with Crippen LogP contribution in [0.2, 0.25) is 0 Å². The van der Waals surface area contributed by atoms with E-state index in [1.54, 1.807) is 0 Å². The van der Waals surface area contributed by atoms with Gasteiger partial charge in [0.15, 0.2) is 0 Å². The fourth-order valence-electron chi connectivity index (χ4n) is 8.03. The fourth-order valence-corrected chi connectivity index (χ4v) is 8.03. The Morgan fingerprint density at radius 1 is 0.288 bits per heavy atom. The minimum absolute atomic E-state index is 0.982. The number of hydrogen-bond acceptors (Lipinski definition) is 1. The van der Waals surface area contributed by atoms with Crippen LogP contribution in [0.3, 0.4) is 0 Å². The molecule has 0 atom stereocenters. The average molecular weight is 660 g/mol. The van der Waals surface area contributed by atoms with Crippen LogP contribution in [0.4, 0.5) is 0 Å². The maximum Gasteiger partial charge on any atom is 0.0722 e. The van der Waals surface area contributed by atoms with Crippen LogP contribution in [-0.2, 0) is 0 Å². The first-order chi connectivity index (χ1) is 25.8. The third-order valence-corrected chi connectivity index (χ3v) is 10.4. The van der Waals surface area contributed by atoms with Gasteiger partial charge in [-0.3, -0.25) is 0 Å². The molecule has 10 aromatic rings. The third-order valence-electron chi connectivity index (χ3n) is 10.4. The first kappa shape index (κ1) is 30.0. The lowest BCUT2D eigenvalue weighted by atomic mass is 9.85. The SMILES string of the molecule is c1ccc(-c2ccc(-c3c4ccccc4c(-c4ccc5c(ccc6nc(-c7ccccc7)cc(-c7ccccc7)c65)c4)c4ccccc34)cc2)cc1. The number of rotatable bonds is 5. The van der Waals surface area contributed by atoms with E-state index in [-0.39, 0.29) is 0 Å². The zero-order valence-corrected chi connectivity index (χ0v) is 28.5. The molecule has 0 aliphatic carbocycles. The van der Waals surface area contributed by atoms with Gasteiger partial charge in [0, 0.05) is 10.9 Å². The van der Waals surface area contributed by atoms with Crippen LogP contribution >= 0.6 is 0 Å². The second-order valence-electron chi connectivity index (χ2n) is 13.5. The minimum atomic E-state index is 0.982. The zero-order valence-electron chi connectivity index (χ0n) is 28.5. The van der Waals surface area contributed by atoms with Gasteiger partial charge in [0.25, 0.3) is 0 Å². The maximum atomic E-state index is 5.21. The third kappa shape index (κ3) is 5.06. The second kappa shape index (κ2) is 12.5. The normalized spacial score (nSPS) is 11.5. The Morgan fingerprint density at radius 3 is 1.35 bits per heavy atom. The van der Waals surface area contributed by atoms with Gasteiger partial charge in [-0.25, -0.2) is 4.98 Å². The Hall–Kier alpha value is -6.83. The molecule has 1 nitrogen and oxygen atoms in total. The summed E-state index contributed by atoms with van der Waals surface area (Å²) in [5.74, 6) is 0. The summed E-state index contributed by atoms with van der Waals surface area (Å²) < 4.78 is 0. The average Bonchev–Trinajstić information content (AvgIpc) is 3.23. The summed E-state index contributed by atoms with van der Waals surface area (Å²) in [5.41, 5.74) is 12.9. The summed E-state index contributed by atoms with van der Waals surface area (Å²) in [7, 11) is 0. The van der Waals surface area contributed by atoms with Gasteiger partial charge in [-0.2, -0.15) is 0 Å². The quantitative estimate of drug-likeness (QED) is 0.132. The van der Waals surface area contributed by atoms with Crippen molar-refractivity contribution in [1.82, 2.24) is 4.98 Å². The van der Waals surface area contributed by atoms with Crippen molar-refractivity contribution >= 4 is 43.2 Å². The van der Waals surface area contributed by atoms with Crippen molar-refractivity contribution < 1.29 is 0 Å². The summed E-state index contributed by atoms with van der Waals surface area (Å²) in [6, 6.07) is 72.3. The molecule has 1 heteroatoms. The van der Waals surface area contributed by atoms with Gasteiger partial charge in [0.1, 0.15) is 0 Å². The number of aromatic nitrogens is 1. The van der Waals surface area contributed by atoms with Crippen LogP contribution in [0.15, 0.2) is 200 Å². The van der Waals surface area contributed by atoms with Crippen LogP contribution in [0.25, 0.3) is 99.0 Å². The van der Waals surface area contributed by atoms with E-state index in [0.29, 0.717) is 0 Å². The first-order valence-electron chi connectivity index (χ1n) is 17.9. The maximum absolute atomic E-state index is 5.21. The lowest BCUT2D eigenvalue weighted by Crippen LogP contribution is -1.93. The molecule has 0 radical (unpaired) electrons. The molecule has 1 aromatic heterocycles. The van der Waals surface area contributed by atoms with Crippen molar-refractivity contribution in [2.24, 2.45) is 0 Å². The highest BCUT2D eigenvalue weighted by atomic mass is 14.7. The Balaban J connectivity index is 1.18. The molecule has 0 fully saturated rings. The van der Waals surface area contributed by atoms with E-state index >= 15 is 0 Å². The Bertz CT molecular complexity index is 2850. The molecule has 52 heavy (non-hydrogen) atoms.